The molecular formula is C27H41ClN4O3. The van der Waals surface area contributed by atoms with Gasteiger partial charge >= 0.3 is 0 Å². The van der Waals surface area contributed by atoms with E-state index in [1.54, 1.807) is 25.0 Å². The Morgan fingerprint density at radius 2 is 1.71 bits per heavy atom. The molecule has 8 heteroatoms. The van der Waals surface area contributed by atoms with E-state index in [2.05, 4.69) is 52.7 Å². The molecule has 3 aliphatic rings. The minimum absolute atomic E-state index is 0.180. The number of aromatic nitrogens is 2. The number of hydrogen-bond donors (Lipinski definition) is 1. The maximum absolute atomic E-state index is 12.0. The minimum Gasteiger partial charge on any atom is -0.385 e. The Hall–Kier alpha value is -2.09. The van der Waals surface area contributed by atoms with Crippen molar-refractivity contribution in [3.05, 3.63) is 51.9 Å². The lowest BCUT2D eigenvalue weighted by molar-refractivity contribution is -0.00998. The van der Waals surface area contributed by atoms with Crippen LogP contribution in [-0.2, 0) is 9.47 Å². The molecule has 2 aromatic rings. The molecule has 0 spiro atoms. The highest BCUT2D eigenvalue weighted by molar-refractivity contribution is 6.32. The fourth-order valence-corrected chi connectivity index (χ4v) is 4.68. The number of nitrogens with one attached hydrogen (secondary N) is 1. The number of anilines is 2. The van der Waals surface area contributed by atoms with E-state index in [-0.39, 0.29) is 16.6 Å². The van der Waals surface area contributed by atoms with Gasteiger partial charge in [0.1, 0.15) is 5.02 Å². The smallest absolute Gasteiger partial charge is 0.287 e. The molecule has 0 radical (unpaired) electrons. The third kappa shape index (κ3) is 8.51. The second-order valence-corrected chi connectivity index (χ2v) is 9.77. The number of hydrogen-bond acceptors (Lipinski definition) is 6. The van der Waals surface area contributed by atoms with E-state index in [0.29, 0.717) is 11.8 Å². The van der Waals surface area contributed by atoms with E-state index < -0.39 is 0 Å². The molecule has 1 aliphatic heterocycles. The summed E-state index contributed by atoms with van der Waals surface area (Å²) in [6, 6.07) is 11.6. The summed E-state index contributed by atoms with van der Waals surface area (Å²) in [6.45, 7) is 1.75. The molecule has 1 aromatic heterocycles. The molecule has 35 heavy (non-hydrogen) atoms. The summed E-state index contributed by atoms with van der Waals surface area (Å²) >= 11 is 5.98. The zero-order chi connectivity index (χ0) is 25.0. The molecule has 7 nitrogen and oxygen atoms in total. The van der Waals surface area contributed by atoms with Gasteiger partial charge in [-0.3, -0.25) is 4.79 Å². The summed E-state index contributed by atoms with van der Waals surface area (Å²) in [7, 11) is 5.66. The molecule has 194 valence electrons. The van der Waals surface area contributed by atoms with Gasteiger partial charge < -0.3 is 19.7 Å². The Labute approximate surface area is 214 Å². The fraction of sp³-hybridized carbons (Fsp3) is 0.630. The van der Waals surface area contributed by atoms with Gasteiger partial charge in [-0.2, -0.15) is 5.10 Å². The lowest BCUT2D eigenvalue weighted by atomic mass is 9.96. The lowest BCUT2D eigenvalue weighted by Crippen LogP contribution is -2.29. The normalized spacial score (nSPS) is 18.5. The van der Waals surface area contributed by atoms with E-state index in [4.69, 9.17) is 21.1 Å². The van der Waals surface area contributed by atoms with Gasteiger partial charge in [-0.1, -0.05) is 49.1 Å². The molecule has 5 rings (SSSR count). The van der Waals surface area contributed by atoms with Crippen LogP contribution in [0.1, 0.15) is 63.8 Å². The van der Waals surface area contributed by atoms with Crippen LogP contribution in [0.25, 0.3) is 0 Å². The van der Waals surface area contributed by atoms with Gasteiger partial charge in [0.25, 0.3) is 5.56 Å². The Balaban J connectivity index is 0.000000156. The van der Waals surface area contributed by atoms with E-state index in [1.807, 2.05) is 0 Å². The topological polar surface area (TPSA) is 68.6 Å². The quantitative estimate of drug-likeness (QED) is 0.576. The molecular weight excluding hydrogens is 464 g/mol. The van der Waals surface area contributed by atoms with Gasteiger partial charge in [-0.15, -0.1) is 0 Å². The van der Waals surface area contributed by atoms with Crippen molar-refractivity contribution < 1.29 is 9.47 Å². The summed E-state index contributed by atoms with van der Waals surface area (Å²) in [6.07, 6.45) is 12.6. The van der Waals surface area contributed by atoms with E-state index in [1.165, 1.54) is 37.8 Å². The average Bonchev–Trinajstić information content (AvgIpc) is 3.78. The maximum atomic E-state index is 12.0. The van der Waals surface area contributed by atoms with Crippen LogP contribution in [0, 0.1) is 0 Å². The molecule has 1 aromatic carbocycles. The first kappa shape index (κ1) is 27.5. The number of para-hydroxylation sites is 1. The molecule has 0 bridgehead atoms. The summed E-state index contributed by atoms with van der Waals surface area (Å²) in [5.74, 6) is 0. The standard InChI is InChI=1S/C11H16ClN3O.C10H13N.C6H12O2/c1-13-9-7-14-15(11(16)10(9)12)8-5-3-2-4-6-8;1-11(10-7-8-10)9-5-3-2-4-6-9;1-7-6-2-4-8-5-3-6/h7-8,13H,2-6H2,1H3;2-6,10H,7-8H2,1H3;6H,2-5H2,1H3. The molecule has 0 amide bonds. The van der Waals surface area contributed by atoms with Crippen molar-refractivity contribution >= 4 is 23.0 Å². The van der Waals surface area contributed by atoms with Crippen molar-refractivity contribution in [2.24, 2.45) is 0 Å². The van der Waals surface area contributed by atoms with Gasteiger partial charge in [0.2, 0.25) is 0 Å². The highest BCUT2D eigenvalue weighted by Gasteiger charge is 2.26. The molecule has 2 saturated carbocycles. The lowest BCUT2D eigenvalue weighted by Gasteiger charge is -2.22. The van der Waals surface area contributed by atoms with Crippen molar-refractivity contribution in [1.82, 2.24) is 9.78 Å². The predicted octanol–water partition coefficient (Wildman–Crippen LogP) is 5.54. The van der Waals surface area contributed by atoms with E-state index in [0.717, 1.165) is 44.9 Å². The third-order valence-electron chi connectivity index (χ3n) is 6.89. The number of nitrogens with zero attached hydrogens (tertiary/aromatic N) is 3. The van der Waals surface area contributed by atoms with Crippen LogP contribution < -0.4 is 15.8 Å². The molecule has 0 unspecified atom stereocenters. The van der Waals surface area contributed by atoms with Crippen LogP contribution in [0.5, 0.6) is 0 Å². The second kappa shape index (κ2) is 14.5. The molecule has 1 saturated heterocycles. The zero-order valence-corrected chi connectivity index (χ0v) is 22.2. The summed E-state index contributed by atoms with van der Waals surface area (Å²) in [5.41, 5.74) is 1.76. The van der Waals surface area contributed by atoms with Crippen molar-refractivity contribution in [2.45, 2.75) is 76.0 Å². The number of benzene rings is 1. The van der Waals surface area contributed by atoms with Crippen LogP contribution in [-0.4, -0.2) is 56.3 Å². The van der Waals surface area contributed by atoms with Crippen LogP contribution in [0.3, 0.4) is 0 Å². The predicted molar refractivity (Wildman–Crippen MR) is 144 cm³/mol. The Morgan fingerprint density at radius 3 is 2.26 bits per heavy atom. The van der Waals surface area contributed by atoms with E-state index in [9.17, 15) is 4.79 Å². The maximum Gasteiger partial charge on any atom is 0.287 e. The number of rotatable bonds is 5. The number of methoxy groups -OCH3 is 1. The van der Waals surface area contributed by atoms with E-state index >= 15 is 0 Å². The zero-order valence-electron chi connectivity index (χ0n) is 21.4. The Bertz CT molecular complexity index is 924. The third-order valence-corrected chi connectivity index (χ3v) is 7.26. The number of halogens is 1. The Morgan fingerprint density at radius 1 is 1.06 bits per heavy atom. The highest BCUT2D eigenvalue weighted by atomic mass is 35.5. The minimum atomic E-state index is -0.180. The molecule has 3 fully saturated rings. The van der Waals surface area contributed by atoms with Crippen LogP contribution in [0.15, 0.2) is 41.3 Å². The SMILES string of the molecule is CN(c1ccccc1)C1CC1.CNc1cnn(C2CCCCC2)c(=O)c1Cl.COC1CCOCC1. The van der Waals surface area contributed by atoms with Gasteiger partial charge in [0, 0.05) is 46.1 Å². The van der Waals surface area contributed by atoms with Crippen molar-refractivity contribution in [3.63, 3.8) is 0 Å². The van der Waals surface area contributed by atoms with Gasteiger partial charge in [0.15, 0.2) is 0 Å². The van der Waals surface area contributed by atoms with Crippen LogP contribution in [0.2, 0.25) is 5.02 Å². The number of ether oxygens (including phenoxy) is 2. The van der Waals surface area contributed by atoms with Gasteiger partial charge in [0.05, 0.1) is 24.0 Å². The summed E-state index contributed by atoms with van der Waals surface area (Å²) in [5, 5.41) is 7.29. The highest BCUT2D eigenvalue weighted by Crippen LogP contribution is 2.29. The van der Waals surface area contributed by atoms with Crippen molar-refractivity contribution in [3.8, 4) is 0 Å². The Kier molecular flexibility index (Phi) is 11.4. The molecule has 2 heterocycles. The summed E-state index contributed by atoms with van der Waals surface area (Å²) < 4.78 is 11.8. The van der Waals surface area contributed by atoms with Crippen molar-refractivity contribution in [2.75, 3.05) is 44.6 Å². The van der Waals surface area contributed by atoms with Crippen LogP contribution >= 0.6 is 11.6 Å². The largest absolute Gasteiger partial charge is 0.385 e. The molecule has 2 aliphatic carbocycles. The fourth-order valence-electron chi connectivity index (χ4n) is 4.45. The summed E-state index contributed by atoms with van der Waals surface area (Å²) in [4.78, 5) is 14.3. The second-order valence-electron chi connectivity index (χ2n) is 9.39. The van der Waals surface area contributed by atoms with Crippen LogP contribution in [0.4, 0.5) is 11.4 Å². The average molecular weight is 505 g/mol. The molecule has 0 atom stereocenters. The monoisotopic (exact) mass is 504 g/mol. The first-order chi connectivity index (χ1) is 17.0. The first-order valence-electron chi connectivity index (χ1n) is 12.9. The van der Waals surface area contributed by atoms with Gasteiger partial charge in [-0.05, 0) is 50.7 Å². The molecule has 1 N–H and O–H groups in total. The van der Waals surface area contributed by atoms with Crippen molar-refractivity contribution in [1.29, 1.82) is 0 Å². The van der Waals surface area contributed by atoms with Gasteiger partial charge in [-0.25, -0.2) is 4.68 Å². The first-order valence-corrected chi connectivity index (χ1v) is 13.3.